The first-order valence-corrected chi connectivity index (χ1v) is 5.29. The van der Waals surface area contributed by atoms with Crippen LogP contribution < -0.4 is 22.2 Å². The first-order valence-electron chi connectivity index (χ1n) is 5.29. The lowest BCUT2D eigenvalue weighted by Crippen LogP contribution is -2.43. The summed E-state index contributed by atoms with van der Waals surface area (Å²) in [7, 11) is 0. The average molecular weight is 246 g/mol. The largest absolute Gasteiger partial charge is 0.508 e. The van der Waals surface area contributed by atoms with E-state index in [0.717, 1.165) is 5.56 Å². The van der Waals surface area contributed by atoms with Crippen LogP contribution in [-0.4, -0.2) is 23.4 Å². The molecule has 7 nitrogen and oxygen atoms in total. The van der Waals surface area contributed by atoms with Crippen LogP contribution in [0, 0.1) is 0 Å². The summed E-state index contributed by atoms with van der Waals surface area (Å²) in [5.74, 6) is 1.13. The molecule has 0 aromatic heterocycles. The molecule has 1 heterocycles. The van der Waals surface area contributed by atoms with Gasteiger partial charge >= 0.3 is 0 Å². The molecule has 2 rings (SSSR count). The van der Waals surface area contributed by atoms with E-state index >= 15 is 0 Å². The average Bonchev–Trinajstić information content (AvgIpc) is 2.30. The maximum atomic E-state index is 9.12. The van der Waals surface area contributed by atoms with E-state index < -0.39 is 6.29 Å². The third-order valence-corrected chi connectivity index (χ3v) is 2.18. The van der Waals surface area contributed by atoms with Gasteiger partial charge in [0, 0.05) is 6.08 Å². The van der Waals surface area contributed by atoms with Gasteiger partial charge in [0.15, 0.2) is 6.29 Å². The minimum Gasteiger partial charge on any atom is -0.508 e. The molecule has 0 aliphatic carbocycles. The van der Waals surface area contributed by atoms with E-state index in [4.69, 9.17) is 16.6 Å². The smallest absolute Gasteiger partial charge is 0.174 e. The molecule has 1 aliphatic heterocycles. The summed E-state index contributed by atoms with van der Waals surface area (Å²) in [4.78, 5) is 3.87. The zero-order valence-corrected chi connectivity index (χ0v) is 9.54. The maximum Gasteiger partial charge on any atom is 0.174 e. The number of amidine groups is 1. The second-order valence-electron chi connectivity index (χ2n) is 3.66. The Morgan fingerprint density at radius 3 is 2.78 bits per heavy atom. The molecule has 0 bridgehead atoms. The molecular formula is C11H14N6O. The van der Waals surface area contributed by atoms with E-state index in [9.17, 15) is 0 Å². The number of rotatable bonds is 3. The highest BCUT2D eigenvalue weighted by atomic mass is 16.3. The summed E-state index contributed by atoms with van der Waals surface area (Å²) in [6.07, 6.45) is 2.63. The fraction of sp³-hybridized carbons (Fsp3) is 0.0909. The highest BCUT2D eigenvalue weighted by Crippen LogP contribution is 2.07. The number of nitrogens with one attached hydrogen (secondary N) is 2. The van der Waals surface area contributed by atoms with Crippen LogP contribution in [0.5, 0.6) is 5.75 Å². The Labute approximate surface area is 104 Å². The fourth-order valence-corrected chi connectivity index (χ4v) is 1.38. The second kappa shape index (κ2) is 5.19. The molecule has 0 saturated carbocycles. The molecular weight excluding hydrogens is 232 g/mol. The molecule has 1 aliphatic rings. The first kappa shape index (κ1) is 11.9. The van der Waals surface area contributed by atoms with Gasteiger partial charge in [0.05, 0.1) is 6.21 Å². The van der Waals surface area contributed by atoms with Crippen molar-refractivity contribution in [3.8, 4) is 5.75 Å². The van der Waals surface area contributed by atoms with Crippen molar-refractivity contribution in [3.05, 3.63) is 41.7 Å². The van der Waals surface area contributed by atoms with Gasteiger partial charge in [0.2, 0.25) is 0 Å². The Balaban J connectivity index is 1.96. The molecule has 1 aromatic carbocycles. The lowest BCUT2D eigenvalue weighted by atomic mass is 10.2. The van der Waals surface area contributed by atoms with Crippen molar-refractivity contribution in [2.24, 2.45) is 21.6 Å². The van der Waals surface area contributed by atoms with E-state index in [-0.39, 0.29) is 5.75 Å². The van der Waals surface area contributed by atoms with Crippen molar-refractivity contribution in [2.45, 2.75) is 6.29 Å². The Morgan fingerprint density at radius 2 is 2.11 bits per heavy atom. The molecule has 1 unspecified atom stereocenters. The van der Waals surface area contributed by atoms with E-state index in [1.807, 2.05) is 0 Å². The molecule has 18 heavy (non-hydrogen) atoms. The van der Waals surface area contributed by atoms with Crippen LogP contribution in [0.15, 0.2) is 46.3 Å². The fourth-order valence-electron chi connectivity index (χ4n) is 1.38. The van der Waals surface area contributed by atoms with E-state index in [0.29, 0.717) is 11.7 Å². The van der Waals surface area contributed by atoms with Gasteiger partial charge in [0.1, 0.15) is 17.4 Å². The van der Waals surface area contributed by atoms with Gasteiger partial charge in [-0.25, -0.2) is 4.99 Å². The molecule has 7 heteroatoms. The molecule has 94 valence electrons. The van der Waals surface area contributed by atoms with Crippen LogP contribution in [0.1, 0.15) is 5.56 Å². The van der Waals surface area contributed by atoms with Gasteiger partial charge in [-0.05, 0) is 29.8 Å². The zero-order valence-electron chi connectivity index (χ0n) is 9.54. The zero-order chi connectivity index (χ0) is 13.0. The number of hydrogen-bond acceptors (Lipinski definition) is 7. The first-order chi connectivity index (χ1) is 8.63. The third kappa shape index (κ3) is 3.22. The molecule has 7 N–H and O–H groups in total. The number of benzene rings is 1. The van der Waals surface area contributed by atoms with Gasteiger partial charge in [0.25, 0.3) is 0 Å². The second-order valence-corrected chi connectivity index (χ2v) is 3.66. The van der Waals surface area contributed by atoms with Gasteiger partial charge in [-0.15, -0.1) is 0 Å². The van der Waals surface area contributed by atoms with Crippen LogP contribution in [0.25, 0.3) is 0 Å². The maximum absolute atomic E-state index is 9.12. The number of phenols is 1. The predicted octanol–water partition coefficient (Wildman–Crippen LogP) is -0.640. The van der Waals surface area contributed by atoms with Crippen LogP contribution >= 0.6 is 0 Å². The standard InChI is InChI=1S/C11H14N6O/c12-9-5-10(16-11(13)15-9)17-14-6-7-1-3-8(18)4-2-7/h1-6,11,16-18H,13H2,(H2,12,15). The van der Waals surface area contributed by atoms with Crippen molar-refractivity contribution in [1.29, 1.82) is 0 Å². The van der Waals surface area contributed by atoms with E-state index in [1.165, 1.54) is 0 Å². The van der Waals surface area contributed by atoms with Crippen molar-refractivity contribution < 1.29 is 5.11 Å². The lowest BCUT2D eigenvalue weighted by Gasteiger charge is -2.18. The number of aliphatic imine (C=N–C) groups is 1. The Morgan fingerprint density at radius 1 is 1.39 bits per heavy atom. The molecule has 1 atom stereocenters. The summed E-state index contributed by atoms with van der Waals surface area (Å²) in [5.41, 5.74) is 14.7. The molecule has 0 radical (unpaired) electrons. The van der Waals surface area contributed by atoms with E-state index in [1.54, 1.807) is 36.6 Å². The van der Waals surface area contributed by atoms with Crippen molar-refractivity contribution in [1.82, 2.24) is 10.7 Å². The number of hydrogen-bond donors (Lipinski definition) is 5. The summed E-state index contributed by atoms with van der Waals surface area (Å²) in [5, 5.41) is 16.0. The van der Waals surface area contributed by atoms with Crippen molar-refractivity contribution >= 4 is 12.1 Å². The quantitative estimate of drug-likeness (QED) is 0.359. The van der Waals surface area contributed by atoms with Crippen molar-refractivity contribution in [2.75, 3.05) is 0 Å². The Hall–Kier alpha value is -2.54. The summed E-state index contributed by atoms with van der Waals surface area (Å²) >= 11 is 0. The van der Waals surface area contributed by atoms with E-state index in [2.05, 4.69) is 20.8 Å². The van der Waals surface area contributed by atoms with Gasteiger partial charge in [-0.3, -0.25) is 11.2 Å². The highest BCUT2D eigenvalue weighted by Gasteiger charge is 2.08. The molecule has 0 fully saturated rings. The number of nitrogens with zero attached hydrogens (tertiary/aromatic N) is 2. The van der Waals surface area contributed by atoms with Gasteiger partial charge in [-0.2, -0.15) is 5.10 Å². The highest BCUT2D eigenvalue weighted by molar-refractivity contribution is 5.92. The lowest BCUT2D eigenvalue weighted by molar-refractivity contribution is 0.475. The topological polar surface area (TPSA) is 121 Å². The van der Waals surface area contributed by atoms with Gasteiger partial charge in [-0.1, -0.05) is 0 Å². The SMILES string of the molecule is NC1=NC(N)NC(NN=Cc2ccc(O)cc2)=C1. The predicted molar refractivity (Wildman–Crippen MR) is 69.7 cm³/mol. The number of phenolic OH excluding ortho intramolecular Hbond substituents is 1. The third-order valence-electron chi connectivity index (χ3n) is 2.18. The normalized spacial score (nSPS) is 19.1. The summed E-state index contributed by atoms with van der Waals surface area (Å²) in [6.45, 7) is 0. The van der Waals surface area contributed by atoms with Crippen LogP contribution in [-0.2, 0) is 0 Å². The molecule has 0 saturated heterocycles. The minimum atomic E-state index is -0.568. The van der Waals surface area contributed by atoms with Crippen LogP contribution in [0.2, 0.25) is 0 Å². The Bertz CT molecular complexity index is 505. The van der Waals surface area contributed by atoms with Crippen molar-refractivity contribution in [3.63, 3.8) is 0 Å². The monoisotopic (exact) mass is 246 g/mol. The van der Waals surface area contributed by atoms with Gasteiger partial charge < -0.3 is 16.2 Å². The number of aromatic hydroxyl groups is 1. The van der Waals surface area contributed by atoms with Crippen LogP contribution in [0.3, 0.4) is 0 Å². The summed E-state index contributed by atoms with van der Waals surface area (Å²) in [6, 6.07) is 6.65. The Kier molecular flexibility index (Phi) is 3.44. The number of hydrazone groups is 1. The van der Waals surface area contributed by atoms with Crippen LogP contribution in [0.4, 0.5) is 0 Å². The number of nitrogens with two attached hydrogens (primary N) is 2. The molecule has 0 spiro atoms. The molecule has 1 aromatic rings. The molecule has 0 amide bonds. The summed E-state index contributed by atoms with van der Waals surface area (Å²) < 4.78 is 0. The minimum absolute atomic E-state index is 0.215.